The molecule has 0 aromatic carbocycles. The normalized spacial score (nSPS) is 10.4. The zero-order chi connectivity index (χ0) is 8.04. The van der Waals surface area contributed by atoms with E-state index in [1.54, 1.807) is 11.8 Å². The third-order valence-corrected chi connectivity index (χ3v) is 1.31. The highest BCUT2D eigenvalue weighted by Crippen LogP contribution is 2.04. The summed E-state index contributed by atoms with van der Waals surface area (Å²) in [4.78, 5) is 4.17. The van der Waals surface area contributed by atoms with Crippen molar-refractivity contribution in [3.05, 3.63) is 5.41 Å². The van der Waals surface area contributed by atoms with Gasteiger partial charge in [-0.3, -0.25) is 0 Å². The zero-order valence-corrected chi connectivity index (χ0v) is 7.96. The number of hydrogen-bond donors (Lipinski definition) is 0. The first-order valence-corrected chi connectivity index (χ1v) is 4.52. The molecule has 0 heterocycles. The first kappa shape index (κ1) is 9.80. The Bertz CT molecular complexity index is 138. The molecule has 1 nitrogen and oxygen atoms in total. The molecule has 0 aliphatic rings. The van der Waals surface area contributed by atoms with Crippen LogP contribution in [0, 0.1) is 0 Å². The van der Waals surface area contributed by atoms with Crippen molar-refractivity contribution in [1.29, 1.82) is 0 Å². The van der Waals surface area contributed by atoms with Crippen LogP contribution in [-0.4, -0.2) is 17.2 Å². The zero-order valence-electron chi connectivity index (χ0n) is 7.14. The molecule has 10 heavy (non-hydrogen) atoms. The third-order valence-electron chi connectivity index (χ3n) is 0.703. The maximum atomic E-state index is 4.17. The Labute approximate surface area is 67.6 Å². The highest BCUT2D eigenvalue weighted by molar-refractivity contribution is 8.02. The molecule has 0 aliphatic carbocycles. The van der Waals surface area contributed by atoms with Crippen LogP contribution >= 0.6 is 11.8 Å². The minimum atomic E-state index is 0.0187. The summed E-state index contributed by atoms with van der Waals surface area (Å²) >= 11 is 1.72. The standard InChI is InChI=1S/C8H15NS/c1-5-10-7-6-9-8(2,3)4/h7H,5H2,1-4H3. The largest absolute Gasteiger partial charge is 0.237 e. The molecular formula is C8H15NS. The summed E-state index contributed by atoms with van der Waals surface area (Å²) < 4.78 is 0. The SMILES string of the molecule is CCSC=C=NC(C)(C)C. The lowest BCUT2D eigenvalue weighted by atomic mass is 10.1. The van der Waals surface area contributed by atoms with Gasteiger partial charge in [0.25, 0.3) is 0 Å². The predicted molar refractivity (Wildman–Crippen MR) is 49.9 cm³/mol. The van der Waals surface area contributed by atoms with E-state index in [2.05, 4.69) is 38.6 Å². The first-order valence-electron chi connectivity index (χ1n) is 3.47. The van der Waals surface area contributed by atoms with Gasteiger partial charge in [0.1, 0.15) is 0 Å². The molecule has 0 rings (SSSR count). The van der Waals surface area contributed by atoms with E-state index in [9.17, 15) is 0 Å². The van der Waals surface area contributed by atoms with E-state index in [0.717, 1.165) is 5.75 Å². The van der Waals surface area contributed by atoms with E-state index >= 15 is 0 Å². The Balaban J connectivity index is 3.74. The van der Waals surface area contributed by atoms with Gasteiger partial charge in [-0.1, -0.05) is 6.92 Å². The van der Waals surface area contributed by atoms with Crippen molar-refractivity contribution in [2.45, 2.75) is 33.2 Å². The smallest absolute Gasteiger partial charge is 0.0618 e. The van der Waals surface area contributed by atoms with Crippen molar-refractivity contribution in [3.63, 3.8) is 0 Å². The van der Waals surface area contributed by atoms with Crippen molar-refractivity contribution < 1.29 is 0 Å². The molecule has 0 fully saturated rings. The molecule has 0 amide bonds. The van der Waals surface area contributed by atoms with Gasteiger partial charge in [-0.25, -0.2) is 4.99 Å². The Morgan fingerprint density at radius 2 is 2.10 bits per heavy atom. The number of hydrogen-bond acceptors (Lipinski definition) is 2. The Morgan fingerprint density at radius 3 is 2.50 bits per heavy atom. The molecule has 0 N–H and O–H groups in total. The van der Waals surface area contributed by atoms with E-state index in [1.807, 2.05) is 5.41 Å². The molecular weight excluding hydrogens is 142 g/mol. The van der Waals surface area contributed by atoms with Gasteiger partial charge < -0.3 is 0 Å². The highest BCUT2D eigenvalue weighted by Gasteiger charge is 2.03. The van der Waals surface area contributed by atoms with Crippen molar-refractivity contribution in [2.24, 2.45) is 4.99 Å². The van der Waals surface area contributed by atoms with Gasteiger partial charge in [0.2, 0.25) is 0 Å². The van der Waals surface area contributed by atoms with Gasteiger partial charge in [0.15, 0.2) is 0 Å². The van der Waals surface area contributed by atoms with Gasteiger partial charge >= 0.3 is 0 Å². The average Bonchev–Trinajstić information content (AvgIpc) is 1.78. The molecule has 0 radical (unpaired) electrons. The second-order valence-electron chi connectivity index (χ2n) is 2.98. The maximum Gasteiger partial charge on any atom is 0.0618 e. The summed E-state index contributed by atoms with van der Waals surface area (Å²) in [6, 6.07) is 0. The van der Waals surface area contributed by atoms with Gasteiger partial charge in [0, 0.05) is 5.41 Å². The van der Waals surface area contributed by atoms with E-state index in [-0.39, 0.29) is 5.54 Å². The molecule has 0 spiro atoms. The fraction of sp³-hybridized carbons (Fsp3) is 0.750. The van der Waals surface area contributed by atoms with Crippen molar-refractivity contribution in [2.75, 3.05) is 5.75 Å². The number of aliphatic imine (C=N–C) groups is 1. The predicted octanol–water partition coefficient (Wildman–Crippen LogP) is 2.72. The van der Waals surface area contributed by atoms with E-state index in [0.29, 0.717) is 0 Å². The molecule has 2 heteroatoms. The lowest BCUT2D eigenvalue weighted by molar-refractivity contribution is 0.588. The van der Waals surface area contributed by atoms with Crippen LogP contribution in [0.15, 0.2) is 10.4 Å². The fourth-order valence-electron chi connectivity index (χ4n) is 0.341. The topological polar surface area (TPSA) is 12.4 Å². The maximum absolute atomic E-state index is 4.17. The Kier molecular flexibility index (Phi) is 4.50. The molecule has 0 saturated heterocycles. The lowest BCUT2D eigenvalue weighted by Gasteiger charge is -2.07. The van der Waals surface area contributed by atoms with E-state index < -0.39 is 0 Å². The number of rotatable bonds is 2. The third kappa shape index (κ3) is 7.80. The number of nitrogens with zero attached hydrogens (tertiary/aromatic N) is 1. The monoisotopic (exact) mass is 157 g/mol. The Hall–Kier alpha value is -0.200. The summed E-state index contributed by atoms with van der Waals surface area (Å²) in [5.41, 5.74) is 0.0187. The molecule has 0 saturated carbocycles. The second kappa shape index (κ2) is 4.59. The van der Waals surface area contributed by atoms with Crippen LogP contribution in [0.1, 0.15) is 27.7 Å². The van der Waals surface area contributed by atoms with Crippen LogP contribution in [0.4, 0.5) is 0 Å². The van der Waals surface area contributed by atoms with Crippen LogP contribution in [0.25, 0.3) is 0 Å². The molecule has 0 unspecified atom stereocenters. The molecule has 0 bridgehead atoms. The van der Waals surface area contributed by atoms with Crippen molar-refractivity contribution in [1.82, 2.24) is 0 Å². The van der Waals surface area contributed by atoms with Gasteiger partial charge in [-0.2, -0.15) is 0 Å². The van der Waals surface area contributed by atoms with Crippen LogP contribution in [-0.2, 0) is 0 Å². The summed E-state index contributed by atoms with van der Waals surface area (Å²) in [5, 5.41) is 1.91. The molecule has 0 aromatic heterocycles. The quantitative estimate of drug-likeness (QED) is 0.561. The average molecular weight is 157 g/mol. The van der Waals surface area contributed by atoms with Gasteiger partial charge in [0.05, 0.1) is 5.54 Å². The highest BCUT2D eigenvalue weighted by atomic mass is 32.2. The summed E-state index contributed by atoms with van der Waals surface area (Å²) in [5.74, 6) is 3.98. The molecule has 0 atom stereocenters. The molecule has 0 aromatic rings. The van der Waals surface area contributed by atoms with Crippen LogP contribution in [0.5, 0.6) is 0 Å². The van der Waals surface area contributed by atoms with Gasteiger partial charge in [-0.15, -0.1) is 11.8 Å². The van der Waals surface area contributed by atoms with Crippen LogP contribution in [0.2, 0.25) is 0 Å². The van der Waals surface area contributed by atoms with Crippen LogP contribution < -0.4 is 0 Å². The van der Waals surface area contributed by atoms with Crippen molar-refractivity contribution >= 4 is 17.6 Å². The second-order valence-corrected chi connectivity index (χ2v) is 4.13. The first-order chi connectivity index (χ1) is 4.56. The van der Waals surface area contributed by atoms with Crippen LogP contribution in [0.3, 0.4) is 0 Å². The molecule has 58 valence electrons. The summed E-state index contributed by atoms with van der Waals surface area (Å²) in [6.45, 7) is 8.29. The lowest BCUT2D eigenvalue weighted by Crippen LogP contribution is -2.07. The van der Waals surface area contributed by atoms with E-state index in [4.69, 9.17) is 0 Å². The minimum Gasteiger partial charge on any atom is -0.237 e. The number of thioether (sulfide) groups is 1. The Morgan fingerprint density at radius 1 is 1.50 bits per heavy atom. The summed E-state index contributed by atoms with van der Waals surface area (Å²) in [6.07, 6.45) is 0. The minimum absolute atomic E-state index is 0.0187. The van der Waals surface area contributed by atoms with Gasteiger partial charge in [-0.05, 0) is 32.4 Å². The summed E-state index contributed by atoms with van der Waals surface area (Å²) in [7, 11) is 0. The molecule has 0 aliphatic heterocycles. The van der Waals surface area contributed by atoms with E-state index in [1.165, 1.54) is 0 Å². The van der Waals surface area contributed by atoms with Crippen molar-refractivity contribution in [3.8, 4) is 0 Å². The fourth-order valence-corrected chi connectivity index (χ4v) is 0.635.